The van der Waals surface area contributed by atoms with Crippen molar-refractivity contribution in [3.05, 3.63) is 18.2 Å². The third-order valence-electron chi connectivity index (χ3n) is 1.70. The highest BCUT2D eigenvalue weighted by molar-refractivity contribution is 7.85. The number of nitrogens with two attached hydrogens (primary N) is 1. The third kappa shape index (κ3) is 2.45. The van der Waals surface area contributed by atoms with E-state index in [0.29, 0.717) is 16.3 Å². The van der Waals surface area contributed by atoms with E-state index in [2.05, 4.69) is 0 Å². The van der Waals surface area contributed by atoms with E-state index >= 15 is 0 Å². The number of alkyl halides is 1. The van der Waals surface area contributed by atoms with Gasteiger partial charge >= 0.3 is 0 Å². The van der Waals surface area contributed by atoms with Crippen LogP contribution in [0, 0.1) is 0 Å². The molecule has 0 saturated heterocycles. The molecule has 0 radical (unpaired) electrons. The lowest BCUT2D eigenvalue weighted by Crippen LogP contribution is -2.02. The summed E-state index contributed by atoms with van der Waals surface area (Å²) in [5.74, 6) is 0.428. The molecule has 0 saturated carbocycles. The maximum Gasteiger partial charge on any atom is 0.137 e. The molecule has 14 heavy (non-hydrogen) atoms. The van der Waals surface area contributed by atoms with Crippen molar-refractivity contribution in [3.63, 3.8) is 0 Å². The molecule has 1 aromatic carbocycles. The molecule has 1 atom stereocenters. The lowest BCUT2D eigenvalue weighted by molar-refractivity contribution is 0.404. The van der Waals surface area contributed by atoms with Crippen molar-refractivity contribution in [2.24, 2.45) is 0 Å². The van der Waals surface area contributed by atoms with Gasteiger partial charge in [0.15, 0.2) is 0 Å². The molecule has 0 fully saturated rings. The van der Waals surface area contributed by atoms with Gasteiger partial charge in [0.1, 0.15) is 12.4 Å². The van der Waals surface area contributed by atoms with E-state index in [0.717, 1.165) is 0 Å². The van der Waals surface area contributed by atoms with Crippen LogP contribution in [0.1, 0.15) is 0 Å². The molecule has 2 N–H and O–H groups in total. The topological polar surface area (TPSA) is 52.3 Å². The first-order valence-corrected chi connectivity index (χ1v) is 5.38. The van der Waals surface area contributed by atoms with E-state index in [1.54, 1.807) is 18.2 Å². The van der Waals surface area contributed by atoms with Crippen molar-refractivity contribution in [1.82, 2.24) is 0 Å². The average molecular weight is 217 g/mol. The van der Waals surface area contributed by atoms with Crippen LogP contribution >= 0.6 is 0 Å². The Bertz CT molecular complexity index is 344. The predicted octanol–water partition coefficient (Wildman–Crippen LogP) is 1.35. The number of hydrogen-bond donors (Lipinski definition) is 1. The number of nitrogen functional groups attached to an aromatic ring is 1. The van der Waals surface area contributed by atoms with Gasteiger partial charge in [-0.05, 0) is 12.1 Å². The Morgan fingerprint density at radius 1 is 1.57 bits per heavy atom. The van der Waals surface area contributed by atoms with Gasteiger partial charge in [0.25, 0.3) is 0 Å². The summed E-state index contributed by atoms with van der Waals surface area (Å²) in [5.41, 5.74) is 6.05. The average Bonchev–Trinajstić information content (AvgIpc) is 2.17. The van der Waals surface area contributed by atoms with Crippen molar-refractivity contribution >= 4 is 16.5 Å². The zero-order valence-electron chi connectivity index (χ0n) is 7.83. The zero-order valence-corrected chi connectivity index (χ0v) is 8.64. The number of ether oxygens (including phenoxy) is 1. The van der Waals surface area contributed by atoms with Crippen molar-refractivity contribution < 1.29 is 13.3 Å². The van der Waals surface area contributed by atoms with Crippen LogP contribution < -0.4 is 10.5 Å². The lowest BCUT2D eigenvalue weighted by atomic mass is 10.3. The molecule has 0 spiro atoms. The first-order valence-electron chi connectivity index (χ1n) is 4.07. The Labute approximate surface area is 84.5 Å². The fourth-order valence-electron chi connectivity index (χ4n) is 1.05. The van der Waals surface area contributed by atoms with E-state index in [1.807, 2.05) is 0 Å². The van der Waals surface area contributed by atoms with E-state index in [9.17, 15) is 8.60 Å². The summed E-state index contributed by atoms with van der Waals surface area (Å²) in [5, 5.41) is 0. The normalized spacial score (nSPS) is 12.4. The van der Waals surface area contributed by atoms with Gasteiger partial charge in [-0.2, -0.15) is 0 Å². The van der Waals surface area contributed by atoms with E-state index in [1.165, 1.54) is 7.11 Å². The highest BCUT2D eigenvalue weighted by atomic mass is 32.2. The second kappa shape index (κ2) is 4.95. The van der Waals surface area contributed by atoms with Crippen molar-refractivity contribution in [2.45, 2.75) is 4.90 Å². The SMILES string of the molecule is COc1cc(N)ccc1S(=O)CCF. The molecule has 0 heterocycles. The molecular formula is C9H12FNO2S. The van der Waals surface area contributed by atoms with Crippen LogP contribution in [0.3, 0.4) is 0 Å². The largest absolute Gasteiger partial charge is 0.495 e. The molecule has 1 aromatic rings. The molecular weight excluding hydrogens is 205 g/mol. The summed E-state index contributed by atoms with van der Waals surface area (Å²) < 4.78 is 28.5. The van der Waals surface area contributed by atoms with Crippen molar-refractivity contribution in [2.75, 3.05) is 25.3 Å². The van der Waals surface area contributed by atoms with Crippen LogP contribution in [0.2, 0.25) is 0 Å². The summed E-state index contributed by atoms with van der Waals surface area (Å²) in [6.07, 6.45) is 0. The number of rotatable bonds is 4. The fraction of sp³-hybridized carbons (Fsp3) is 0.333. The summed E-state index contributed by atoms with van der Waals surface area (Å²) in [6, 6.07) is 4.79. The van der Waals surface area contributed by atoms with Crippen LogP contribution in [-0.4, -0.2) is 23.7 Å². The molecule has 0 amide bonds. The number of methoxy groups -OCH3 is 1. The number of benzene rings is 1. The predicted molar refractivity (Wildman–Crippen MR) is 54.7 cm³/mol. The molecule has 3 nitrogen and oxygen atoms in total. The number of hydrogen-bond acceptors (Lipinski definition) is 3. The van der Waals surface area contributed by atoms with Gasteiger partial charge in [0.05, 0.1) is 28.6 Å². The van der Waals surface area contributed by atoms with E-state index in [-0.39, 0.29) is 5.75 Å². The monoisotopic (exact) mass is 217 g/mol. The maximum absolute atomic E-state index is 12.0. The molecule has 0 aliphatic heterocycles. The smallest absolute Gasteiger partial charge is 0.137 e. The van der Waals surface area contributed by atoms with Gasteiger partial charge in [-0.3, -0.25) is 8.60 Å². The number of anilines is 1. The number of halogens is 1. The maximum atomic E-state index is 12.0. The third-order valence-corrected chi connectivity index (χ3v) is 3.05. The lowest BCUT2D eigenvalue weighted by Gasteiger charge is -2.07. The van der Waals surface area contributed by atoms with E-state index < -0.39 is 17.5 Å². The first-order chi connectivity index (χ1) is 6.69. The van der Waals surface area contributed by atoms with Crippen LogP contribution in [0.15, 0.2) is 23.1 Å². The Kier molecular flexibility index (Phi) is 3.88. The Morgan fingerprint density at radius 3 is 2.86 bits per heavy atom. The van der Waals surface area contributed by atoms with Crippen LogP contribution in [-0.2, 0) is 10.8 Å². The molecule has 0 aliphatic rings. The fourth-order valence-corrected chi connectivity index (χ4v) is 2.00. The van der Waals surface area contributed by atoms with Gasteiger partial charge in [0.2, 0.25) is 0 Å². The van der Waals surface area contributed by atoms with Crippen LogP contribution in [0.25, 0.3) is 0 Å². The standard InChI is InChI=1S/C9H12FNO2S/c1-13-8-6-7(11)2-3-9(8)14(12)5-4-10/h2-3,6H,4-5,11H2,1H3. The Morgan fingerprint density at radius 2 is 2.29 bits per heavy atom. The minimum atomic E-state index is -1.36. The van der Waals surface area contributed by atoms with Gasteiger partial charge < -0.3 is 10.5 Å². The molecule has 1 rings (SSSR count). The molecule has 78 valence electrons. The molecule has 0 bridgehead atoms. The van der Waals surface area contributed by atoms with Crippen molar-refractivity contribution in [1.29, 1.82) is 0 Å². The summed E-state index contributed by atoms with van der Waals surface area (Å²) >= 11 is 0. The van der Waals surface area contributed by atoms with Crippen molar-refractivity contribution in [3.8, 4) is 5.75 Å². The summed E-state index contributed by atoms with van der Waals surface area (Å²) in [7, 11) is 0.105. The minimum absolute atomic E-state index is 0.0136. The van der Waals surface area contributed by atoms with Gasteiger partial charge in [-0.25, -0.2) is 0 Å². The van der Waals surface area contributed by atoms with Crippen LogP contribution in [0.4, 0.5) is 10.1 Å². The van der Waals surface area contributed by atoms with Gasteiger partial charge in [-0.1, -0.05) is 0 Å². The zero-order chi connectivity index (χ0) is 10.6. The van der Waals surface area contributed by atoms with Gasteiger partial charge in [0, 0.05) is 11.8 Å². The van der Waals surface area contributed by atoms with E-state index in [4.69, 9.17) is 10.5 Å². The second-order valence-electron chi connectivity index (χ2n) is 2.65. The highest BCUT2D eigenvalue weighted by Crippen LogP contribution is 2.24. The Balaban J connectivity index is 3.01. The first kappa shape index (κ1) is 11.0. The highest BCUT2D eigenvalue weighted by Gasteiger charge is 2.10. The minimum Gasteiger partial charge on any atom is -0.495 e. The molecule has 0 aromatic heterocycles. The summed E-state index contributed by atoms with van der Waals surface area (Å²) in [6.45, 7) is -0.611. The van der Waals surface area contributed by atoms with Gasteiger partial charge in [-0.15, -0.1) is 0 Å². The quantitative estimate of drug-likeness (QED) is 0.775. The van der Waals surface area contributed by atoms with Crippen LogP contribution in [0.5, 0.6) is 5.75 Å². The molecule has 0 aliphatic carbocycles. The summed E-state index contributed by atoms with van der Waals surface area (Å²) in [4.78, 5) is 0.486. The molecule has 1 unspecified atom stereocenters. The second-order valence-corrected chi connectivity index (χ2v) is 4.19. The Hall–Kier alpha value is -1.10. The molecule has 5 heteroatoms.